The zero-order chi connectivity index (χ0) is 29.3. The number of carbonyl (C=O) groups is 2. The summed E-state index contributed by atoms with van der Waals surface area (Å²) < 4.78 is 33.4. The second kappa shape index (κ2) is 14.3. The highest BCUT2D eigenvalue weighted by atomic mass is 79.9. The fourth-order valence-corrected chi connectivity index (χ4v) is 5.01. The number of halogens is 1. The predicted octanol–water partition coefficient (Wildman–Crippen LogP) is 5.13. The molecule has 0 unspecified atom stereocenters. The molecule has 0 fully saturated rings. The molecule has 2 atom stereocenters. The lowest BCUT2D eigenvalue weighted by molar-refractivity contribution is -0.139. The third-order valence-corrected chi connectivity index (χ3v) is 8.16. The summed E-state index contributed by atoms with van der Waals surface area (Å²) in [6, 6.07) is 22.8. The zero-order valence-corrected chi connectivity index (χ0v) is 25.6. The van der Waals surface area contributed by atoms with E-state index in [4.69, 9.17) is 4.74 Å². The molecule has 0 aliphatic rings. The maximum atomic E-state index is 13.7. The van der Waals surface area contributed by atoms with Gasteiger partial charge in [-0.2, -0.15) is 0 Å². The van der Waals surface area contributed by atoms with Gasteiger partial charge in [-0.3, -0.25) is 13.9 Å². The Hall–Kier alpha value is -3.37. The minimum atomic E-state index is -3.82. The van der Waals surface area contributed by atoms with Crippen molar-refractivity contribution in [3.8, 4) is 5.75 Å². The summed E-state index contributed by atoms with van der Waals surface area (Å²) in [7, 11) is -3.82. The van der Waals surface area contributed by atoms with Crippen LogP contribution in [0.5, 0.6) is 5.75 Å². The topological polar surface area (TPSA) is 96.0 Å². The van der Waals surface area contributed by atoms with Gasteiger partial charge in [0, 0.05) is 17.1 Å². The summed E-state index contributed by atoms with van der Waals surface area (Å²) in [4.78, 5) is 28.1. The molecule has 3 aromatic rings. The molecule has 8 nitrogen and oxygen atoms in total. The highest BCUT2D eigenvalue weighted by molar-refractivity contribution is 9.10. The third kappa shape index (κ3) is 9.09. The number of ether oxygens (including phenoxy) is 1. The first-order chi connectivity index (χ1) is 19.0. The molecule has 0 aromatic heterocycles. The molecule has 0 aliphatic carbocycles. The van der Waals surface area contributed by atoms with E-state index in [1.54, 1.807) is 31.2 Å². The van der Waals surface area contributed by atoms with Crippen LogP contribution in [0.15, 0.2) is 83.3 Å². The fraction of sp³-hybridized carbons (Fsp3) is 0.333. The van der Waals surface area contributed by atoms with Gasteiger partial charge >= 0.3 is 0 Å². The van der Waals surface area contributed by atoms with E-state index in [0.29, 0.717) is 18.0 Å². The Kier molecular flexibility index (Phi) is 11.2. The van der Waals surface area contributed by atoms with Crippen molar-refractivity contribution in [1.82, 2.24) is 10.2 Å². The average Bonchev–Trinajstić information content (AvgIpc) is 2.94. The second-order valence-electron chi connectivity index (χ2n) is 9.68. The van der Waals surface area contributed by atoms with Gasteiger partial charge in [-0.1, -0.05) is 65.3 Å². The lowest BCUT2D eigenvalue weighted by Crippen LogP contribution is -2.52. The van der Waals surface area contributed by atoms with Crippen LogP contribution in [-0.2, 0) is 32.8 Å². The minimum absolute atomic E-state index is 0.0604. The highest BCUT2D eigenvalue weighted by Crippen LogP contribution is 2.23. The highest BCUT2D eigenvalue weighted by Gasteiger charge is 2.30. The summed E-state index contributed by atoms with van der Waals surface area (Å²) in [6.45, 7) is 5.56. The van der Waals surface area contributed by atoms with E-state index in [1.807, 2.05) is 68.4 Å². The molecule has 0 saturated carbocycles. The quantitative estimate of drug-likeness (QED) is 0.283. The van der Waals surface area contributed by atoms with Crippen LogP contribution in [-0.4, -0.2) is 50.0 Å². The lowest BCUT2D eigenvalue weighted by Gasteiger charge is -2.32. The number of sulfonamides is 1. The molecule has 3 aromatic carbocycles. The SMILES string of the molecule is CC[C@H](C)NC(=O)[C@@H](C)N(Cc1ccc(Br)cc1)C(=O)CN(c1ccc(OCc2ccccc2)cc1)S(C)(=O)=O. The maximum Gasteiger partial charge on any atom is 0.244 e. The van der Waals surface area contributed by atoms with Gasteiger partial charge in [-0.05, 0) is 67.8 Å². The van der Waals surface area contributed by atoms with E-state index in [0.717, 1.165) is 32.6 Å². The standard InChI is InChI=1S/C30H36BrN3O5S/c1-5-22(2)32-30(36)23(3)33(19-24-11-13-26(31)14-12-24)29(35)20-34(40(4,37)38)27-15-17-28(18-16-27)39-21-25-9-7-6-8-10-25/h6-18,22-23H,5,19-21H2,1-4H3,(H,32,36)/t22-,23+/m0/s1. The number of nitrogens with one attached hydrogen (secondary N) is 1. The number of benzene rings is 3. The minimum Gasteiger partial charge on any atom is -0.489 e. The van der Waals surface area contributed by atoms with Crippen molar-refractivity contribution >= 4 is 43.5 Å². The molecule has 2 amide bonds. The van der Waals surface area contributed by atoms with Crippen molar-refractivity contribution in [2.24, 2.45) is 0 Å². The Labute approximate surface area is 245 Å². The predicted molar refractivity (Wildman–Crippen MR) is 161 cm³/mol. The van der Waals surface area contributed by atoms with Gasteiger partial charge in [0.1, 0.15) is 24.9 Å². The van der Waals surface area contributed by atoms with Crippen LogP contribution in [0, 0.1) is 0 Å². The van der Waals surface area contributed by atoms with E-state index in [-0.39, 0.29) is 18.5 Å². The van der Waals surface area contributed by atoms with Gasteiger partial charge in [0.25, 0.3) is 0 Å². The van der Waals surface area contributed by atoms with Crippen molar-refractivity contribution in [2.75, 3.05) is 17.1 Å². The number of hydrogen-bond donors (Lipinski definition) is 1. The Morgan fingerprint density at radius 3 is 2.12 bits per heavy atom. The molecule has 0 radical (unpaired) electrons. The molecule has 40 heavy (non-hydrogen) atoms. The van der Waals surface area contributed by atoms with Gasteiger partial charge in [-0.25, -0.2) is 8.42 Å². The summed E-state index contributed by atoms with van der Waals surface area (Å²) in [5.41, 5.74) is 2.14. The first kappa shape index (κ1) is 31.2. The average molecular weight is 631 g/mol. The van der Waals surface area contributed by atoms with Crippen molar-refractivity contribution in [1.29, 1.82) is 0 Å². The molecule has 0 bridgehead atoms. The molecule has 0 heterocycles. The smallest absolute Gasteiger partial charge is 0.244 e. The van der Waals surface area contributed by atoms with E-state index in [2.05, 4.69) is 21.2 Å². The first-order valence-electron chi connectivity index (χ1n) is 13.1. The van der Waals surface area contributed by atoms with Gasteiger partial charge < -0.3 is 15.0 Å². The molecule has 0 spiro atoms. The Morgan fingerprint density at radius 1 is 0.925 bits per heavy atom. The van der Waals surface area contributed by atoms with Crippen LogP contribution in [0.2, 0.25) is 0 Å². The largest absolute Gasteiger partial charge is 0.489 e. The summed E-state index contributed by atoms with van der Waals surface area (Å²) in [5, 5.41) is 2.92. The first-order valence-corrected chi connectivity index (χ1v) is 15.7. The van der Waals surface area contributed by atoms with Crippen LogP contribution in [0.4, 0.5) is 5.69 Å². The summed E-state index contributed by atoms with van der Waals surface area (Å²) in [6.07, 6.45) is 1.80. The van der Waals surface area contributed by atoms with Gasteiger partial charge in [0.2, 0.25) is 21.8 Å². The Balaban J connectivity index is 1.81. The van der Waals surface area contributed by atoms with Gasteiger partial charge in [-0.15, -0.1) is 0 Å². The van der Waals surface area contributed by atoms with Crippen LogP contribution < -0.4 is 14.4 Å². The van der Waals surface area contributed by atoms with Crippen LogP contribution in [0.25, 0.3) is 0 Å². The molecule has 214 valence electrons. The van der Waals surface area contributed by atoms with Crippen molar-refractivity contribution in [3.63, 3.8) is 0 Å². The van der Waals surface area contributed by atoms with Crippen molar-refractivity contribution in [3.05, 3.63) is 94.5 Å². The lowest BCUT2D eigenvalue weighted by atomic mass is 10.1. The van der Waals surface area contributed by atoms with Gasteiger partial charge in [0.15, 0.2) is 0 Å². The van der Waals surface area contributed by atoms with Crippen LogP contribution >= 0.6 is 15.9 Å². The second-order valence-corrected chi connectivity index (χ2v) is 12.5. The number of carbonyl (C=O) groups excluding carboxylic acids is 2. The molecular weight excluding hydrogens is 594 g/mol. The van der Waals surface area contributed by atoms with Crippen LogP contribution in [0.1, 0.15) is 38.3 Å². The molecule has 0 aliphatic heterocycles. The number of hydrogen-bond acceptors (Lipinski definition) is 5. The summed E-state index contributed by atoms with van der Waals surface area (Å²) >= 11 is 3.41. The van der Waals surface area contributed by atoms with Crippen LogP contribution in [0.3, 0.4) is 0 Å². The molecule has 3 rings (SSSR count). The molecule has 0 saturated heterocycles. The number of rotatable bonds is 13. The van der Waals surface area contributed by atoms with Gasteiger partial charge in [0.05, 0.1) is 11.9 Å². The Bertz CT molecular complexity index is 1370. The fourth-order valence-electron chi connectivity index (χ4n) is 3.90. The zero-order valence-electron chi connectivity index (χ0n) is 23.2. The molecule has 10 heteroatoms. The van der Waals surface area contributed by atoms with E-state index in [1.165, 1.54) is 4.90 Å². The third-order valence-electron chi connectivity index (χ3n) is 6.49. The Morgan fingerprint density at radius 2 is 1.55 bits per heavy atom. The van der Waals surface area contributed by atoms with Crippen molar-refractivity contribution < 1.29 is 22.7 Å². The number of anilines is 1. The normalized spacial score (nSPS) is 12.7. The molecule has 1 N–H and O–H groups in total. The maximum absolute atomic E-state index is 13.7. The molecular formula is C30H36BrN3O5S. The van der Waals surface area contributed by atoms with Crippen molar-refractivity contribution in [2.45, 2.75) is 52.4 Å². The summed E-state index contributed by atoms with van der Waals surface area (Å²) in [5.74, 6) is -0.227. The van der Waals surface area contributed by atoms with E-state index in [9.17, 15) is 18.0 Å². The van der Waals surface area contributed by atoms with E-state index < -0.39 is 28.5 Å². The number of amides is 2. The number of nitrogens with zero attached hydrogens (tertiary/aromatic N) is 2. The monoisotopic (exact) mass is 629 g/mol. The van der Waals surface area contributed by atoms with E-state index >= 15 is 0 Å².